The lowest BCUT2D eigenvalue weighted by molar-refractivity contribution is 0.282. The van der Waals surface area contributed by atoms with E-state index in [0.717, 1.165) is 44.8 Å². The number of benzene rings is 1. The monoisotopic (exact) mass is 384 g/mol. The molecule has 4 nitrogen and oxygen atoms in total. The van der Waals surface area contributed by atoms with Gasteiger partial charge in [-0.3, -0.25) is 4.90 Å². The summed E-state index contributed by atoms with van der Waals surface area (Å²) in [6.45, 7) is 7.37. The Kier molecular flexibility index (Phi) is 5.62. The molecule has 1 aliphatic rings. The zero-order valence-electron chi connectivity index (χ0n) is 15.1. The Morgan fingerprint density at radius 3 is 2.65 bits per heavy atom. The molecule has 0 unspecified atom stereocenters. The lowest BCUT2D eigenvalue weighted by Gasteiger charge is -2.20. The van der Waals surface area contributed by atoms with Gasteiger partial charge in [-0.25, -0.2) is 9.97 Å². The van der Waals surface area contributed by atoms with Crippen LogP contribution in [0.4, 0.5) is 5.13 Å². The van der Waals surface area contributed by atoms with Gasteiger partial charge in [0.1, 0.15) is 0 Å². The molecule has 4 rings (SSSR count). The first-order valence-electron chi connectivity index (χ1n) is 9.13. The van der Waals surface area contributed by atoms with Crippen molar-refractivity contribution in [2.45, 2.75) is 26.3 Å². The number of aromatic nitrogens is 2. The van der Waals surface area contributed by atoms with Crippen LogP contribution in [0.25, 0.3) is 0 Å². The Morgan fingerprint density at radius 2 is 1.85 bits per heavy atom. The predicted octanol–water partition coefficient (Wildman–Crippen LogP) is 4.21. The molecule has 26 heavy (non-hydrogen) atoms. The number of hydrogen-bond donors (Lipinski definition) is 0. The van der Waals surface area contributed by atoms with Gasteiger partial charge >= 0.3 is 0 Å². The van der Waals surface area contributed by atoms with Crippen molar-refractivity contribution in [2.24, 2.45) is 0 Å². The summed E-state index contributed by atoms with van der Waals surface area (Å²) in [6.07, 6.45) is 2.11. The van der Waals surface area contributed by atoms with Crippen molar-refractivity contribution in [2.75, 3.05) is 31.1 Å². The third kappa shape index (κ3) is 4.50. The summed E-state index contributed by atoms with van der Waals surface area (Å²) < 4.78 is 0. The first-order chi connectivity index (χ1) is 12.8. The topological polar surface area (TPSA) is 32.3 Å². The maximum atomic E-state index is 4.86. The highest BCUT2D eigenvalue weighted by atomic mass is 32.1. The Bertz CT molecular complexity index is 827. The van der Waals surface area contributed by atoms with E-state index in [4.69, 9.17) is 4.98 Å². The molecule has 0 atom stereocenters. The van der Waals surface area contributed by atoms with Gasteiger partial charge in [0.05, 0.1) is 16.4 Å². The predicted molar refractivity (Wildman–Crippen MR) is 110 cm³/mol. The minimum atomic E-state index is 0.933. The van der Waals surface area contributed by atoms with Crippen LogP contribution in [0.15, 0.2) is 41.1 Å². The quantitative estimate of drug-likeness (QED) is 0.660. The molecule has 2 aromatic heterocycles. The van der Waals surface area contributed by atoms with E-state index in [9.17, 15) is 0 Å². The fourth-order valence-electron chi connectivity index (χ4n) is 3.31. The Balaban J connectivity index is 1.33. The second-order valence-electron chi connectivity index (χ2n) is 6.78. The van der Waals surface area contributed by atoms with Gasteiger partial charge in [0, 0.05) is 49.9 Å². The third-order valence-electron chi connectivity index (χ3n) is 4.65. The van der Waals surface area contributed by atoms with E-state index in [-0.39, 0.29) is 0 Å². The van der Waals surface area contributed by atoms with E-state index in [0.29, 0.717) is 0 Å². The van der Waals surface area contributed by atoms with Crippen LogP contribution >= 0.6 is 22.7 Å². The molecule has 0 N–H and O–H groups in total. The van der Waals surface area contributed by atoms with Gasteiger partial charge in [-0.05, 0) is 18.9 Å². The molecule has 3 aromatic rings. The second kappa shape index (κ2) is 8.29. The summed E-state index contributed by atoms with van der Waals surface area (Å²) in [4.78, 5) is 14.5. The zero-order chi connectivity index (χ0) is 17.8. The molecule has 0 bridgehead atoms. The lowest BCUT2D eigenvalue weighted by Crippen LogP contribution is -2.30. The fourth-order valence-corrected chi connectivity index (χ4v) is 4.99. The van der Waals surface area contributed by atoms with Gasteiger partial charge in [0.15, 0.2) is 5.13 Å². The lowest BCUT2D eigenvalue weighted by atomic mass is 10.2. The van der Waals surface area contributed by atoms with Crippen molar-refractivity contribution in [3.63, 3.8) is 0 Å². The number of anilines is 1. The Labute approximate surface area is 163 Å². The van der Waals surface area contributed by atoms with Crippen molar-refractivity contribution in [1.29, 1.82) is 0 Å². The largest absolute Gasteiger partial charge is 0.347 e. The normalized spacial score (nSPS) is 16.0. The van der Waals surface area contributed by atoms with Gasteiger partial charge in [0.2, 0.25) is 0 Å². The van der Waals surface area contributed by atoms with Crippen molar-refractivity contribution in [3.8, 4) is 0 Å². The van der Waals surface area contributed by atoms with Gasteiger partial charge in [0.25, 0.3) is 0 Å². The molecule has 3 heterocycles. The summed E-state index contributed by atoms with van der Waals surface area (Å²) >= 11 is 3.54. The summed E-state index contributed by atoms with van der Waals surface area (Å²) in [7, 11) is 0. The maximum absolute atomic E-state index is 4.86. The molecule has 1 fully saturated rings. The number of thiazole rings is 2. The molecule has 136 valence electrons. The molecule has 6 heteroatoms. The molecule has 0 saturated carbocycles. The average molecular weight is 385 g/mol. The Hall–Kier alpha value is -1.76. The van der Waals surface area contributed by atoms with Crippen molar-refractivity contribution in [3.05, 3.63) is 63.1 Å². The van der Waals surface area contributed by atoms with Crippen LogP contribution in [0.2, 0.25) is 0 Å². The molecule has 1 aromatic carbocycles. The fraction of sp³-hybridized carbons (Fsp3) is 0.400. The summed E-state index contributed by atoms with van der Waals surface area (Å²) in [5, 5.41) is 6.75. The minimum absolute atomic E-state index is 0.933. The van der Waals surface area contributed by atoms with Gasteiger partial charge < -0.3 is 4.90 Å². The van der Waals surface area contributed by atoms with Crippen LogP contribution in [-0.4, -0.2) is 41.0 Å². The van der Waals surface area contributed by atoms with Crippen LogP contribution in [0, 0.1) is 6.92 Å². The SMILES string of the molecule is Cc1csc(N2CCCN(Cc3csc(Cc4ccccc4)n3)CC2)n1. The number of rotatable bonds is 5. The summed E-state index contributed by atoms with van der Waals surface area (Å²) in [5.41, 5.74) is 3.66. The smallest absolute Gasteiger partial charge is 0.185 e. The highest BCUT2D eigenvalue weighted by molar-refractivity contribution is 7.13. The zero-order valence-corrected chi connectivity index (χ0v) is 16.7. The number of hydrogen-bond acceptors (Lipinski definition) is 6. The van der Waals surface area contributed by atoms with Gasteiger partial charge in [-0.1, -0.05) is 30.3 Å². The van der Waals surface area contributed by atoms with Gasteiger partial charge in [-0.2, -0.15) is 0 Å². The number of nitrogens with zero attached hydrogens (tertiary/aromatic N) is 4. The standard InChI is InChI=1S/C20H24N4S2/c1-16-14-26-20(21-16)24-9-5-8-23(10-11-24)13-18-15-25-19(22-18)12-17-6-3-2-4-7-17/h2-4,6-7,14-15H,5,8-13H2,1H3. The minimum Gasteiger partial charge on any atom is -0.347 e. The molecule has 0 radical (unpaired) electrons. The number of aryl methyl sites for hydroxylation is 1. The first-order valence-corrected chi connectivity index (χ1v) is 10.9. The van der Waals surface area contributed by atoms with Crippen LogP contribution in [0.5, 0.6) is 0 Å². The summed E-state index contributed by atoms with van der Waals surface area (Å²) in [5.74, 6) is 0. The van der Waals surface area contributed by atoms with E-state index >= 15 is 0 Å². The highest BCUT2D eigenvalue weighted by Gasteiger charge is 2.18. The van der Waals surface area contributed by atoms with Crippen molar-refractivity contribution >= 4 is 27.8 Å². The van der Waals surface area contributed by atoms with E-state index in [2.05, 4.69) is 62.8 Å². The molecule has 1 aliphatic heterocycles. The third-order valence-corrected chi connectivity index (χ3v) is 6.57. The molecule has 0 amide bonds. The van der Waals surface area contributed by atoms with Gasteiger partial charge in [-0.15, -0.1) is 22.7 Å². The molecular formula is C20H24N4S2. The van der Waals surface area contributed by atoms with Crippen LogP contribution in [0.3, 0.4) is 0 Å². The molecule has 1 saturated heterocycles. The van der Waals surface area contributed by atoms with E-state index in [1.807, 2.05) is 0 Å². The average Bonchev–Trinajstić information content (AvgIpc) is 3.20. The van der Waals surface area contributed by atoms with Crippen LogP contribution < -0.4 is 4.90 Å². The van der Waals surface area contributed by atoms with Crippen molar-refractivity contribution in [1.82, 2.24) is 14.9 Å². The Morgan fingerprint density at radius 1 is 0.962 bits per heavy atom. The van der Waals surface area contributed by atoms with Crippen LogP contribution in [-0.2, 0) is 13.0 Å². The van der Waals surface area contributed by atoms with Crippen molar-refractivity contribution < 1.29 is 0 Å². The van der Waals surface area contributed by atoms with E-state index < -0.39 is 0 Å². The summed E-state index contributed by atoms with van der Waals surface area (Å²) in [6, 6.07) is 10.6. The maximum Gasteiger partial charge on any atom is 0.185 e. The molecule has 0 aliphatic carbocycles. The first kappa shape index (κ1) is 17.6. The highest BCUT2D eigenvalue weighted by Crippen LogP contribution is 2.22. The molecular weight excluding hydrogens is 360 g/mol. The van der Waals surface area contributed by atoms with E-state index in [1.165, 1.54) is 27.8 Å². The molecule has 0 spiro atoms. The second-order valence-corrected chi connectivity index (χ2v) is 8.56. The van der Waals surface area contributed by atoms with Crippen LogP contribution in [0.1, 0.15) is 28.4 Å². The van der Waals surface area contributed by atoms with E-state index in [1.54, 1.807) is 22.7 Å².